The summed E-state index contributed by atoms with van der Waals surface area (Å²) in [5, 5.41) is 14.0. The summed E-state index contributed by atoms with van der Waals surface area (Å²) in [5.41, 5.74) is 0. The van der Waals surface area contributed by atoms with Crippen LogP contribution in [-0.4, -0.2) is 73.4 Å². The molecule has 9 heteroatoms. The molecule has 1 amide bonds. The number of nitrogens with zero attached hydrogens (tertiary/aromatic N) is 1. The second-order valence-electron chi connectivity index (χ2n) is 26.3. The number of likely N-dealkylation sites (N-methyl/N-ethyl adjacent to an activating group) is 1. The van der Waals surface area contributed by atoms with Crippen molar-refractivity contribution in [1.29, 1.82) is 0 Å². The van der Waals surface area contributed by atoms with Crippen LogP contribution >= 0.6 is 7.82 Å². The van der Waals surface area contributed by atoms with Crippen molar-refractivity contribution in [3.05, 3.63) is 134 Å². The number of hydrogen-bond acceptors (Lipinski definition) is 5. The average molecular weight is 1270 g/mol. The van der Waals surface area contributed by atoms with Gasteiger partial charge in [0.1, 0.15) is 13.2 Å². The highest BCUT2D eigenvalue weighted by Gasteiger charge is 2.28. The number of allylic oxidation sites excluding steroid dienone is 21. The van der Waals surface area contributed by atoms with Crippen LogP contribution in [0.1, 0.15) is 322 Å². The molecule has 0 aliphatic carbocycles. The van der Waals surface area contributed by atoms with Gasteiger partial charge in [-0.05, 0) is 96.3 Å². The van der Waals surface area contributed by atoms with Crippen molar-refractivity contribution >= 4 is 13.7 Å². The second kappa shape index (κ2) is 70.0. The first-order valence-electron chi connectivity index (χ1n) is 37.6. The summed E-state index contributed by atoms with van der Waals surface area (Å²) in [6.07, 6.45) is 106. The van der Waals surface area contributed by atoms with Crippen LogP contribution in [0.5, 0.6) is 0 Å². The first-order valence-corrected chi connectivity index (χ1v) is 39.1. The van der Waals surface area contributed by atoms with E-state index in [1.807, 2.05) is 27.2 Å². The van der Waals surface area contributed by atoms with Gasteiger partial charge < -0.3 is 19.8 Å². The standard InChI is InChI=1S/C81H143N2O6P/c1-6-8-10-12-14-16-18-20-22-24-26-28-30-32-34-36-37-38-39-40-41-42-43-44-45-47-49-51-53-55-57-59-61-63-65-67-69-71-73-75-81(85)82-79(78-89-90(86,87)88-77-76-83(3,4)5)80(84)74-72-70-68-66-64-62-60-58-56-54-52-50-48-46-35-33-31-29-27-25-23-21-19-17-15-13-11-9-7-2/h8,10,14,16,20,22,26,28,32,34,37-38,40-41,43-44,47,49,53,55,72,74,79-80,84H,6-7,9,11-13,15,17-19,21,23-25,27,29-31,33,35-36,39,42,45-46,48,50-52,54,56-71,73,75-78H2,1-5H3,(H-,82,85,86,87)/p+1/b10-8-,16-14-,22-20-,28-26-,34-32-,38-37-,41-40-,44-43-,49-47-,55-53-,74-72+. The third kappa shape index (κ3) is 72.1. The number of aliphatic hydroxyl groups excluding tert-OH is 1. The number of carbonyl (C=O) groups excluding carboxylic acids is 1. The number of amides is 1. The highest BCUT2D eigenvalue weighted by atomic mass is 31.2. The van der Waals surface area contributed by atoms with Crippen LogP contribution in [0, 0.1) is 0 Å². The predicted molar refractivity (Wildman–Crippen MR) is 396 cm³/mol. The lowest BCUT2D eigenvalue weighted by Gasteiger charge is -2.25. The quantitative estimate of drug-likeness (QED) is 0.0243. The molecule has 0 aliphatic rings. The first kappa shape index (κ1) is 86.6. The maximum atomic E-state index is 13.1. The lowest BCUT2D eigenvalue weighted by Crippen LogP contribution is -2.45. The fraction of sp³-hybridized carbons (Fsp3) is 0.716. The van der Waals surface area contributed by atoms with Crippen LogP contribution in [0.2, 0.25) is 0 Å². The highest BCUT2D eigenvalue weighted by Crippen LogP contribution is 2.43. The van der Waals surface area contributed by atoms with Gasteiger partial charge in [-0.1, -0.05) is 353 Å². The Balaban J connectivity index is 4.12. The molecule has 0 bridgehead atoms. The molecule has 0 aliphatic heterocycles. The summed E-state index contributed by atoms with van der Waals surface area (Å²) in [6, 6.07) is -0.863. The summed E-state index contributed by atoms with van der Waals surface area (Å²) in [5.74, 6) is -0.187. The van der Waals surface area contributed by atoms with E-state index in [-0.39, 0.29) is 19.1 Å². The van der Waals surface area contributed by atoms with Gasteiger partial charge in [0.15, 0.2) is 0 Å². The number of rotatable bonds is 68. The molecule has 0 fully saturated rings. The minimum atomic E-state index is -4.37. The molecule has 0 saturated carbocycles. The van der Waals surface area contributed by atoms with E-state index in [9.17, 15) is 19.4 Å². The van der Waals surface area contributed by atoms with Crippen molar-refractivity contribution in [3.63, 3.8) is 0 Å². The molecule has 0 saturated heterocycles. The second-order valence-corrected chi connectivity index (χ2v) is 27.7. The molecule has 0 aromatic carbocycles. The van der Waals surface area contributed by atoms with Crippen molar-refractivity contribution in [3.8, 4) is 0 Å². The minimum Gasteiger partial charge on any atom is -0.387 e. The van der Waals surface area contributed by atoms with Gasteiger partial charge in [0.2, 0.25) is 5.91 Å². The third-order valence-electron chi connectivity index (χ3n) is 16.4. The summed E-state index contributed by atoms with van der Waals surface area (Å²) in [7, 11) is 1.56. The number of quaternary nitrogens is 1. The van der Waals surface area contributed by atoms with E-state index < -0.39 is 20.0 Å². The largest absolute Gasteiger partial charge is 0.472 e. The Labute approximate surface area is 557 Å². The van der Waals surface area contributed by atoms with Gasteiger partial charge in [0.05, 0.1) is 39.9 Å². The van der Waals surface area contributed by atoms with E-state index in [1.54, 1.807) is 6.08 Å². The topological polar surface area (TPSA) is 105 Å². The van der Waals surface area contributed by atoms with Crippen molar-refractivity contribution < 1.29 is 32.9 Å². The van der Waals surface area contributed by atoms with E-state index in [0.717, 1.165) is 116 Å². The summed E-state index contributed by atoms with van der Waals surface area (Å²) in [4.78, 5) is 23.5. The zero-order chi connectivity index (χ0) is 65.5. The monoisotopic (exact) mass is 1270 g/mol. The number of phosphoric acid groups is 1. The SMILES string of the molecule is CC/C=C\C/C=C\C/C=C\C/C=C\C/C=C\C/C=C\C/C=C\C/C=C\C/C=C\C/C=C\CCCCCCCCCCC(=O)NC(COP(=O)(O)OCC[N+](C)(C)C)C(O)/C=C/CCCCCCCCCCCCCCCCCCCCCCCCCCCCC. The lowest BCUT2D eigenvalue weighted by atomic mass is 10.0. The van der Waals surface area contributed by atoms with E-state index in [0.29, 0.717) is 17.4 Å². The molecular weight excluding hydrogens is 1130 g/mol. The molecule has 3 atom stereocenters. The van der Waals surface area contributed by atoms with E-state index in [4.69, 9.17) is 9.05 Å². The third-order valence-corrected chi connectivity index (χ3v) is 17.4. The molecular formula is C81H144N2O6P+. The van der Waals surface area contributed by atoms with Gasteiger partial charge >= 0.3 is 7.82 Å². The number of carbonyl (C=O) groups is 1. The van der Waals surface area contributed by atoms with Crippen LogP contribution in [0.4, 0.5) is 0 Å². The van der Waals surface area contributed by atoms with E-state index in [1.165, 1.54) is 186 Å². The van der Waals surface area contributed by atoms with Gasteiger partial charge in [0, 0.05) is 6.42 Å². The molecule has 8 nitrogen and oxygen atoms in total. The van der Waals surface area contributed by atoms with E-state index in [2.05, 4.69) is 141 Å². The van der Waals surface area contributed by atoms with E-state index >= 15 is 0 Å². The van der Waals surface area contributed by atoms with Crippen molar-refractivity contribution in [2.75, 3.05) is 40.9 Å². The van der Waals surface area contributed by atoms with Gasteiger partial charge in [-0.15, -0.1) is 0 Å². The van der Waals surface area contributed by atoms with Crippen LogP contribution in [-0.2, 0) is 18.4 Å². The zero-order valence-electron chi connectivity index (χ0n) is 59.3. The summed E-state index contributed by atoms with van der Waals surface area (Å²) in [6.45, 7) is 4.72. The van der Waals surface area contributed by atoms with Crippen LogP contribution in [0.15, 0.2) is 134 Å². The molecule has 0 aromatic rings. The average Bonchev–Trinajstić information content (AvgIpc) is 3.72. The van der Waals surface area contributed by atoms with Crippen LogP contribution in [0.3, 0.4) is 0 Å². The summed E-state index contributed by atoms with van der Waals surface area (Å²) >= 11 is 0. The van der Waals surface area contributed by atoms with Gasteiger partial charge in [-0.3, -0.25) is 13.8 Å². The molecule has 0 radical (unpaired) electrons. The Morgan fingerprint density at radius 3 is 0.978 bits per heavy atom. The maximum Gasteiger partial charge on any atom is 0.472 e. The van der Waals surface area contributed by atoms with Gasteiger partial charge in [0.25, 0.3) is 0 Å². The van der Waals surface area contributed by atoms with Crippen LogP contribution < -0.4 is 5.32 Å². The maximum absolute atomic E-state index is 13.1. The Kier molecular flexibility index (Phi) is 67.4. The number of aliphatic hydroxyl groups is 1. The molecule has 0 aromatic heterocycles. The number of hydrogen-bond donors (Lipinski definition) is 3. The first-order chi connectivity index (χ1) is 44.0. The zero-order valence-corrected chi connectivity index (χ0v) is 60.2. The smallest absolute Gasteiger partial charge is 0.387 e. The van der Waals surface area contributed by atoms with Crippen LogP contribution in [0.25, 0.3) is 0 Å². The Morgan fingerprint density at radius 2 is 0.667 bits per heavy atom. The molecule has 90 heavy (non-hydrogen) atoms. The number of unbranched alkanes of at least 4 members (excludes halogenated alkanes) is 35. The summed E-state index contributed by atoms with van der Waals surface area (Å²) < 4.78 is 23.8. The highest BCUT2D eigenvalue weighted by molar-refractivity contribution is 7.47. The van der Waals surface area contributed by atoms with Gasteiger partial charge in [-0.25, -0.2) is 4.57 Å². The Hall–Kier alpha value is -3.36. The minimum absolute atomic E-state index is 0.0541. The Morgan fingerprint density at radius 1 is 0.389 bits per heavy atom. The Bertz CT molecular complexity index is 1930. The molecule has 3 N–H and O–H groups in total. The molecule has 3 unspecified atom stereocenters. The van der Waals surface area contributed by atoms with Gasteiger partial charge in [-0.2, -0.15) is 0 Å². The normalized spacial score (nSPS) is 14.3. The number of phosphoric ester groups is 1. The molecule has 518 valence electrons. The molecule has 0 spiro atoms. The van der Waals surface area contributed by atoms with Crippen molar-refractivity contribution in [2.45, 2.75) is 334 Å². The fourth-order valence-electron chi connectivity index (χ4n) is 10.6. The number of nitrogens with one attached hydrogen (secondary N) is 1. The lowest BCUT2D eigenvalue weighted by molar-refractivity contribution is -0.870. The predicted octanol–water partition coefficient (Wildman–Crippen LogP) is 24.6. The molecule has 0 rings (SSSR count). The van der Waals surface area contributed by atoms with Crippen molar-refractivity contribution in [1.82, 2.24) is 5.32 Å². The fourth-order valence-corrected chi connectivity index (χ4v) is 11.3. The van der Waals surface area contributed by atoms with Crippen molar-refractivity contribution in [2.24, 2.45) is 0 Å². The molecule has 0 heterocycles.